The number of carboxylic acids is 1. The molecule has 0 fully saturated rings. The van der Waals surface area contributed by atoms with E-state index in [1.165, 1.54) is 17.4 Å². The number of rotatable bonds is 4. The maximum absolute atomic E-state index is 11.0. The van der Waals surface area contributed by atoms with Gasteiger partial charge in [0.15, 0.2) is 0 Å². The number of aromatic nitrogens is 1. The third-order valence-corrected chi connectivity index (χ3v) is 3.03. The molecule has 88 valence electrons. The molecule has 0 saturated heterocycles. The smallest absolute Gasteiger partial charge is 0.337 e. The molecule has 0 saturated carbocycles. The molecular formula is C11H9ClN2O2S. The number of carbonyl (C=O) groups is 1. The number of halogens is 1. The van der Waals surface area contributed by atoms with Crippen molar-refractivity contribution >= 4 is 34.6 Å². The van der Waals surface area contributed by atoms with Crippen LogP contribution in [0, 0.1) is 0 Å². The second-order valence-electron chi connectivity index (χ2n) is 3.33. The van der Waals surface area contributed by atoms with Crippen LogP contribution in [0.5, 0.6) is 0 Å². The molecule has 1 aromatic heterocycles. The zero-order valence-electron chi connectivity index (χ0n) is 8.68. The fourth-order valence-corrected chi connectivity index (χ4v) is 2.09. The van der Waals surface area contributed by atoms with E-state index in [1.54, 1.807) is 17.6 Å². The number of hydrogen-bond acceptors (Lipinski definition) is 4. The van der Waals surface area contributed by atoms with Gasteiger partial charge in [0.05, 0.1) is 23.3 Å². The Hall–Kier alpha value is -1.59. The summed E-state index contributed by atoms with van der Waals surface area (Å²) in [4.78, 5) is 15.1. The second-order valence-corrected chi connectivity index (χ2v) is 4.48. The van der Waals surface area contributed by atoms with E-state index >= 15 is 0 Å². The minimum Gasteiger partial charge on any atom is -0.478 e. The van der Waals surface area contributed by atoms with Gasteiger partial charge in [-0.3, -0.25) is 0 Å². The van der Waals surface area contributed by atoms with Crippen molar-refractivity contribution in [2.24, 2.45) is 0 Å². The first-order valence-corrected chi connectivity index (χ1v) is 6.12. The number of nitrogens with zero attached hydrogens (tertiary/aromatic N) is 1. The van der Waals surface area contributed by atoms with E-state index in [9.17, 15) is 4.79 Å². The fraction of sp³-hybridized carbons (Fsp3) is 0.0909. The first-order valence-electron chi connectivity index (χ1n) is 4.80. The summed E-state index contributed by atoms with van der Waals surface area (Å²) in [6.45, 7) is 0.491. The van der Waals surface area contributed by atoms with Crippen LogP contribution < -0.4 is 5.32 Å². The molecule has 2 N–H and O–H groups in total. The van der Waals surface area contributed by atoms with Gasteiger partial charge in [-0.15, -0.1) is 11.3 Å². The number of anilines is 1. The summed E-state index contributed by atoms with van der Waals surface area (Å²) in [7, 11) is 0. The molecule has 0 amide bonds. The number of hydrogen-bond donors (Lipinski definition) is 2. The highest BCUT2D eigenvalue weighted by atomic mass is 35.5. The molecule has 0 aliphatic rings. The van der Waals surface area contributed by atoms with Crippen LogP contribution in [0.25, 0.3) is 0 Å². The molecule has 1 aromatic carbocycles. The van der Waals surface area contributed by atoms with Gasteiger partial charge in [-0.25, -0.2) is 9.78 Å². The van der Waals surface area contributed by atoms with E-state index < -0.39 is 5.97 Å². The Morgan fingerprint density at radius 2 is 2.35 bits per heavy atom. The summed E-state index contributed by atoms with van der Waals surface area (Å²) < 4.78 is 0. The van der Waals surface area contributed by atoms with Crippen molar-refractivity contribution in [1.29, 1.82) is 0 Å². The molecule has 17 heavy (non-hydrogen) atoms. The molecule has 0 spiro atoms. The average Bonchev–Trinajstić information content (AvgIpc) is 2.80. The Morgan fingerprint density at radius 3 is 3.00 bits per heavy atom. The standard InChI is InChI=1S/C11H9ClN2O2S/c12-7-1-2-10(9(3-7)11(15)16)13-4-8-5-17-6-14-8/h1-3,5-6,13H,4H2,(H,15,16). The van der Waals surface area contributed by atoms with Crippen molar-refractivity contribution in [2.45, 2.75) is 6.54 Å². The van der Waals surface area contributed by atoms with Crippen molar-refractivity contribution in [1.82, 2.24) is 4.98 Å². The lowest BCUT2D eigenvalue weighted by molar-refractivity contribution is 0.0698. The summed E-state index contributed by atoms with van der Waals surface area (Å²) in [5, 5.41) is 14.4. The van der Waals surface area contributed by atoms with Crippen LogP contribution in [0.15, 0.2) is 29.1 Å². The predicted octanol–water partition coefficient (Wildman–Crippen LogP) is 3.11. The van der Waals surface area contributed by atoms with Crippen LogP contribution in [0.1, 0.15) is 16.1 Å². The lowest BCUT2D eigenvalue weighted by atomic mass is 10.2. The van der Waals surface area contributed by atoms with E-state index in [4.69, 9.17) is 16.7 Å². The topological polar surface area (TPSA) is 62.2 Å². The molecule has 4 nitrogen and oxygen atoms in total. The molecule has 6 heteroatoms. The van der Waals surface area contributed by atoms with Gasteiger partial charge >= 0.3 is 5.97 Å². The molecule has 2 rings (SSSR count). The molecule has 1 heterocycles. The van der Waals surface area contributed by atoms with Crippen LogP contribution in [0.4, 0.5) is 5.69 Å². The van der Waals surface area contributed by atoms with Crippen LogP contribution in [0.3, 0.4) is 0 Å². The number of carboxylic acid groups (broad SMARTS) is 1. The summed E-state index contributed by atoms with van der Waals surface area (Å²) >= 11 is 7.26. The van der Waals surface area contributed by atoms with E-state index in [0.29, 0.717) is 17.3 Å². The molecule has 2 aromatic rings. The van der Waals surface area contributed by atoms with Crippen LogP contribution >= 0.6 is 22.9 Å². The van der Waals surface area contributed by atoms with Gasteiger partial charge in [-0.05, 0) is 18.2 Å². The molecule has 0 unspecified atom stereocenters. The normalized spacial score (nSPS) is 10.2. The van der Waals surface area contributed by atoms with Crippen molar-refractivity contribution in [2.75, 3.05) is 5.32 Å². The molecular weight excluding hydrogens is 260 g/mol. The van der Waals surface area contributed by atoms with Crippen LogP contribution in [-0.2, 0) is 6.54 Å². The predicted molar refractivity (Wildman–Crippen MR) is 67.9 cm³/mol. The van der Waals surface area contributed by atoms with E-state index in [-0.39, 0.29) is 5.56 Å². The average molecular weight is 269 g/mol. The van der Waals surface area contributed by atoms with Gasteiger partial charge < -0.3 is 10.4 Å². The van der Waals surface area contributed by atoms with Crippen LogP contribution in [-0.4, -0.2) is 16.1 Å². The third-order valence-electron chi connectivity index (χ3n) is 2.16. The Bertz CT molecular complexity index is 528. The van der Waals surface area contributed by atoms with E-state index in [0.717, 1.165) is 5.69 Å². The van der Waals surface area contributed by atoms with Crippen molar-refractivity contribution in [3.63, 3.8) is 0 Å². The molecule has 0 bridgehead atoms. The van der Waals surface area contributed by atoms with Gasteiger partial charge in [0.2, 0.25) is 0 Å². The molecule has 0 radical (unpaired) electrons. The zero-order valence-corrected chi connectivity index (χ0v) is 10.3. The second kappa shape index (κ2) is 5.16. The van der Waals surface area contributed by atoms with Crippen LogP contribution in [0.2, 0.25) is 5.02 Å². The van der Waals surface area contributed by atoms with Crippen molar-refractivity contribution < 1.29 is 9.90 Å². The van der Waals surface area contributed by atoms with Gasteiger partial charge in [-0.1, -0.05) is 11.6 Å². The van der Waals surface area contributed by atoms with E-state index in [1.807, 2.05) is 5.38 Å². The molecule has 0 atom stereocenters. The SMILES string of the molecule is O=C(O)c1cc(Cl)ccc1NCc1cscn1. The Kier molecular flexibility index (Phi) is 3.61. The molecule has 0 aliphatic heterocycles. The van der Waals surface area contributed by atoms with Gasteiger partial charge in [0.1, 0.15) is 0 Å². The fourth-order valence-electron chi connectivity index (χ4n) is 1.36. The van der Waals surface area contributed by atoms with Gasteiger partial charge in [0, 0.05) is 16.1 Å². The third kappa shape index (κ3) is 2.95. The Balaban J connectivity index is 2.17. The summed E-state index contributed by atoms with van der Waals surface area (Å²) in [6.07, 6.45) is 0. The lowest BCUT2D eigenvalue weighted by Gasteiger charge is -2.08. The van der Waals surface area contributed by atoms with E-state index in [2.05, 4.69) is 10.3 Å². The Labute approximate surface area is 107 Å². The number of benzene rings is 1. The van der Waals surface area contributed by atoms with Crippen molar-refractivity contribution in [3.8, 4) is 0 Å². The van der Waals surface area contributed by atoms with Gasteiger partial charge in [-0.2, -0.15) is 0 Å². The largest absolute Gasteiger partial charge is 0.478 e. The first-order chi connectivity index (χ1) is 8.16. The number of thiazole rings is 1. The maximum Gasteiger partial charge on any atom is 0.337 e. The molecule has 0 aliphatic carbocycles. The maximum atomic E-state index is 11.0. The Morgan fingerprint density at radius 1 is 1.53 bits per heavy atom. The minimum atomic E-state index is -1.01. The highest BCUT2D eigenvalue weighted by molar-refractivity contribution is 7.07. The first kappa shape index (κ1) is 11.9. The minimum absolute atomic E-state index is 0.160. The van der Waals surface area contributed by atoms with Crippen molar-refractivity contribution in [3.05, 3.63) is 45.4 Å². The summed E-state index contributed by atoms with van der Waals surface area (Å²) in [6, 6.07) is 4.73. The number of aromatic carboxylic acids is 1. The monoisotopic (exact) mass is 268 g/mol. The highest BCUT2D eigenvalue weighted by Gasteiger charge is 2.10. The highest BCUT2D eigenvalue weighted by Crippen LogP contribution is 2.21. The number of nitrogens with one attached hydrogen (secondary N) is 1. The summed E-state index contributed by atoms with van der Waals surface area (Å²) in [5.74, 6) is -1.01. The lowest BCUT2D eigenvalue weighted by Crippen LogP contribution is -2.06. The van der Waals surface area contributed by atoms with Gasteiger partial charge in [0.25, 0.3) is 0 Å². The zero-order chi connectivity index (χ0) is 12.3. The quantitative estimate of drug-likeness (QED) is 0.894. The summed E-state index contributed by atoms with van der Waals surface area (Å²) in [5.41, 5.74) is 3.31.